The summed E-state index contributed by atoms with van der Waals surface area (Å²) in [4.78, 5) is 0. The standard InChI is InChI=1S/2C6F5.Au/c2*7-2-1-3(8)5(10)6(11)4(2)9;/q2*-1;+1. The van der Waals surface area contributed by atoms with Crippen molar-refractivity contribution in [2.75, 3.05) is 0 Å². The average Bonchev–Trinajstić information content (AvgIpc) is 2.47. The van der Waals surface area contributed by atoms with E-state index >= 15 is 0 Å². The van der Waals surface area contributed by atoms with Crippen molar-refractivity contribution in [1.82, 2.24) is 0 Å². The molecule has 0 nitrogen and oxygen atoms in total. The Labute approximate surface area is 137 Å². The van der Waals surface area contributed by atoms with Gasteiger partial charge < -0.3 is 0 Å². The Balaban J connectivity index is 0.000000403. The maximum absolute atomic E-state index is 12.0. The zero-order chi connectivity index (χ0) is 17.2. The Morgan fingerprint density at radius 1 is 0.348 bits per heavy atom. The maximum Gasteiger partial charge on any atom is 1.00 e. The van der Waals surface area contributed by atoms with E-state index in [0.717, 1.165) is 12.1 Å². The van der Waals surface area contributed by atoms with Gasteiger partial charge >= 0.3 is 22.4 Å². The number of rotatable bonds is 0. The van der Waals surface area contributed by atoms with Crippen molar-refractivity contribution in [3.63, 3.8) is 0 Å². The van der Waals surface area contributed by atoms with Crippen LogP contribution in [0.15, 0.2) is 0 Å². The minimum absolute atomic E-state index is 0. The van der Waals surface area contributed by atoms with Gasteiger partial charge in [-0.15, -0.1) is 12.1 Å². The molecule has 130 valence electrons. The molecule has 0 aliphatic carbocycles. The fourth-order valence-corrected chi connectivity index (χ4v) is 0.990. The molecule has 0 bridgehead atoms. The fraction of sp³-hybridized carbons (Fsp3) is 0. The van der Waals surface area contributed by atoms with E-state index in [9.17, 15) is 43.9 Å². The monoisotopic (exact) mass is 531 g/mol. The van der Waals surface area contributed by atoms with Crippen LogP contribution in [0.4, 0.5) is 43.9 Å². The fourth-order valence-electron chi connectivity index (χ4n) is 0.990. The minimum Gasteiger partial charge on any atom is -0.278 e. The Kier molecular flexibility index (Phi) is 7.81. The Morgan fingerprint density at radius 3 is 0.696 bits per heavy atom. The van der Waals surface area contributed by atoms with Crippen LogP contribution in [0.2, 0.25) is 0 Å². The van der Waals surface area contributed by atoms with E-state index in [0.29, 0.717) is 0 Å². The van der Waals surface area contributed by atoms with E-state index in [4.69, 9.17) is 0 Å². The molecular weight excluding hydrogens is 531 g/mol. The van der Waals surface area contributed by atoms with Crippen LogP contribution in [0.25, 0.3) is 0 Å². The normalized spacial score (nSPS) is 9.83. The van der Waals surface area contributed by atoms with Crippen LogP contribution in [0.1, 0.15) is 0 Å². The SMILES string of the molecule is Fc1[c-]c(F)c(F)c(F)c1F.Fc1[c-]c(F)c(F)c(F)c1F.[Au+]. The molecule has 11 heteroatoms. The van der Waals surface area contributed by atoms with Crippen LogP contribution in [-0.4, -0.2) is 0 Å². The molecule has 0 amide bonds. The van der Waals surface area contributed by atoms with E-state index in [1.54, 1.807) is 0 Å². The van der Waals surface area contributed by atoms with Gasteiger partial charge in [0.15, 0.2) is 0 Å². The summed E-state index contributed by atoms with van der Waals surface area (Å²) in [6.07, 6.45) is 0. The van der Waals surface area contributed by atoms with E-state index in [2.05, 4.69) is 0 Å². The molecule has 0 unspecified atom stereocenters. The van der Waals surface area contributed by atoms with Crippen molar-refractivity contribution in [2.45, 2.75) is 0 Å². The third-order valence-corrected chi connectivity index (χ3v) is 1.98. The maximum atomic E-state index is 12.0. The largest absolute Gasteiger partial charge is 1.00 e. The molecule has 0 atom stereocenters. The molecule has 2 rings (SSSR count). The van der Waals surface area contributed by atoms with Crippen molar-refractivity contribution < 1.29 is 66.3 Å². The van der Waals surface area contributed by atoms with Gasteiger partial charge in [0.05, 0.1) is 58.2 Å². The molecule has 2 aromatic rings. The summed E-state index contributed by atoms with van der Waals surface area (Å²) in [6, 6.07) is 2.05. The molecule has 0 aliphatic rings. The number of hydrogen-bond acceptors (Lipinski definition) is 0. The van der Waals surface area contributed by atoms with Crippen LogP contribution in [-0.2, 0) is 22.4 Å². The van der Waals surface area contributed by atoms with E-state index in [-0.39, 0.29) is 22.4 Å². The van der Waals surface area contributed by atoms with Gasteiger partial charge in [0.1, 0.15) is 0 Å². The summed E-state index contributed by atoms with van der Waals surface area (Å²) >= 11 is 0. The van der Waals surface area contributed by atoms with Crippen molar-refractivity contribution in [1.29, 1.82) is 0 Å². The van der Waals surface area contributed by atoms with Crippen molar-refractivity contribution in [3.05, 3.63) is 70.3 Å². The number of hydrogen-bond donors (Lipinski definition) is 0. The summed E-state index contributed by atoms with van der Waals surface area (Å²) in [5.41, 5.74) is 0. The molecule has 0 fully saturated rings. The quantitative estimate of drug-likeness (QED) is 0.156. The van der Waals surface area contributed by atoms with E-state index in [1.165, 1.54) is 0 Å². The van der Waals surface area contributed by atoms with Crippen LogP contribution >= 0.6 is 0 Å². The molecule has 23 heavy (non-hydrogen) atoms. The van der Waals surface area contributed by atoms with Crippen LogP contribution in [0.3, 0.4) is 0 Å². The van der Waals surface area contributed by atoms with Gasteiger partial charge in [-0.2, -0.15) is 0 Å². The zero-order valence-corrected chi connectivity index (χ0v) is 12.2. The van der Waals surface area contributed by atoms with Gasteiger partial charge in [0.25, 0.3) is 0 Å². The molecule has 0 spiro atoms. The van der Waals surface area contributed by atoms with Crippen molar-refractivity contribution in [3.8, 4) is 0 Å². The summed E-state index contributed by atoms with van der Waals surface area (Å²) in [5.74, 6) is -20.1. The van der Waals surface area contributed by atoms with Gasteiger partial charge in [0.2, 0.25) is 0 Å². The summed E-state index contributed by atoms with van der Waals surface area (Å²) in [6.45, 7) is 0. The average molecular weight is 531 g/mol. The summed E-state index contributed by atoms with van der Waals surface area (Å²) in [7, 11) is 0. The first kappa shape index (κ1) is 21.5. The molecular formula is C12AuF10-. The molecule has 0 heterocycles. The third-order valence-electron chi connectivity index (χ3n) is 1.98. The summed E-state index contributed by atoms with van der Waals surface area (Å²) < 4.78 is 120. The third kappa shape index (κ3) is 4.72. The van der Waals surface area contributed by atoms with E-state index < -0.39 is 58.2 Å². The molecule has 0 saturated heterocycles. The van der Waals surface area contributed by atoms with Gasteiger partial charge in [-0.1, -0.05) is 0 Å². The second-order valence-electron chi connectivity index (χ2n) is 3.39. The number of halogens is 10. The van der Waals surface area contributed by atoms with Crippen LogP contribution in [0.5, 0.6) is 0 Å². The first-order valence-electron chi connectivity index (χ1n) is 4.89. The molecule has 0 saturated carbocycles. The predicted molar refractivity (Wildman–Crippen MR) is 50.1 cm³/mol. The molecule has 0 radical (unpaired) electrons. The van der Waals surface area contributed by atoms with Gasteiger partial charge in [-0.3, -0.25) is 17.6 Å². The van der Waals surface area contributed by atoms with Gasteiger partial charge in [-0.25, -0.2) is 26.3 Å². The second-order valence-corrected chi connectivity index (χ2v) is 3.39. The smallest absolute Gasteiger partial charge is 0.278 e. The van der Waals surface area contributed by atoms with Gasteiger partial charge in [-0.05, 0) is 0 Å². The number of benzene rings is 2. The van der Waals surface area contributed by atoms with Crippen molar-refractivity contribution in [2.24, 2.45) is 0 Å². The minimum atomic E-state index is -2.17. The van der Waals surface area contributed by atoms with Crippen LogP contribution < -0.4 is 0 Å². The second kappa shape index (κ2) is 8.37. The molecule has 0 aliphatic heterocycles. The van der Waals surface area contributed by atoms with Crippen LogP contribution in [0, 0.1) is 70.3 Å². The Morgan fingerprint density at radius 2 is 0.522 bits per heavy atom. The summed E-state index contributed by atoms with van der Waals surface area (Å²) in [5, 5.41) is 0. The van der Waals surface area contributed by atoms with Gasteiger partial charge in [0, 0.05) is 0 Å². The first-order valence-corrected chi connectivity index (χ1v) is 4.89. The first-order chi connectivity index (χ1) is 10.1. The predicted octanol–water partition coefficient (Wildman–Crippen LogP) is 4.36. The molecule has 0 aromatic heterocycles. The Hall–Kier alpha value is -1.52. The Bertz CT molecular complexity index is 602. The molecule has 0 N–H and O–H groups in total. The van der Waals surface area contributed by atoms with E-state index in [1.807, 2.05) is 0 Å². The molecule has 2 aromatic carbocycles. The zero-order valence-electron chi connectivity index (χ0n) is 10.1. The topological polar surface area (TPSA) is 0 Å². The van der Waals surface area contributed by atoms with Crippen molar-refractivity contribution >= 4 is 0 Å².